The molecule has 6 nitrogen and oxygen atoms in total. The SMILES string of the molecule is O=C(Cc1cccc(O)c1)Nc1ccc(CC2SC(=O)NC2=O)cc1. The molecule has 0 bridgehead atoms. The number of aromatic hydroxyl groups is 1. The highest BCUT2D eigenvalue weighted by Gasteiger charge is 2.31. The van der Waals surface area contributed by atoms with Gasteiger partial charge in [0.2, 0.25) is 11.8 Å². The molecule has 0 aliphatic carbocycles. The van der Waals surface area contributed by atoms with Gasteiger partial charge >= 0.3 is 0 Å². The van der Waals surface area contributed by atoms with Gasteiger partial charge in [-0.1, -0.05) is 36.0 Å². The molecule has 2 aromatic rings. The number of anilines is 1. The molecule has 7 heteroatoms. The molecule has 2 aromatic carbocycles. The van der Waals surface area contributed by atoms with Crippen LogP contribution in [0.15, 0.2) is 48.5 Å². The summed E-state index contributed by atoms with van der Waals surface area (Å²) in [5.41, 5.74) is 2.28. The second-order valence-electron chi connectivity index (χ2n) is 5.68. The molecule has 1 heterocycles. The summed E-state index contributed by atoms with van der Waals surface area (Å²) in [4.78, 5) is 34.8. The number of thioether (sulfide) groups is 1. The van der Waals surface area contributed by atoms with Crippen molar-refractivity contribution in [3.05, 3.63) is 59.7 Å². The predicted molar refractivity (Wildman–Crippen MR) is 95.5 cm³/mol. The molecule has 1 aliphatic heterocycles. The third-order valence-electron chi connectivity index (χ3n) is 3.70. The fourth-order valence-electron chi connectivity index (χ4n) is 2.52. The fraction of sp³-hybridized carbons (Fsp3) is 0.167. The smallest absolute Gasteiger partial charge is 0.286 e. The van der Waals surface area contributed by atoms with Crippen molar-refractivity contribution >= 4 is 34.5 Å². The highest BCUT2D eigenvalue weighted by molar-refractivity contribution is 8.15. The van der Waals surface area contributed by atoms with Crippen molar-refractivity contribution in [2.45, 2.75) is 18.1 Å². The average molecular weight is 356 g/mol. The summed E-state index contributed by atoms with van der Waals surface area (Å²) in [7, 11) is 0. The minimum Gasteiger partial charge on any atom is -0.508 e. The molecular formula is C18H16N2O4S. The van der Waals surface area contributed by atoms with Crippen LogP contribution in [0.1, 0.15) is 11.1 Å². The summed E-state index contributed by atoms with van der Waals surface area (Å²) >= 11 is 0.996. The monoisotopic (exact) mass is 356 g/mol. The largest absolute Gasteiger partial charge is 0.508 e. The lowest BCUT2D eigenvalue weighted by molar-refractivity contribution is -0.119. The van der Waals surface area contributed by atoms with Gasteiger partial charge < -0.3 is 10.4 Å². The van der Waals surface area contributed by atoms with Crippen LogP contribution in [0.2, 0.25) is 0 Å². The van der Waals surface area contributed by atoms with Crippen LogP contribution in [-0.2, 0) is 22.4 Å². The van der Waals surface area contributed by atoms with E-state index in [1.54, 1.807) is 36.4 Å². The number of benzene rings is 2. The Balaban J connectivity index is 1.56. The van der Waals surface area contributed by atoms with Gasteiger partial charge in [0, 0.05) is 5.69 Å². The van der Waals surface area contributed by atoms with Crippen LogP contribution in [-0.4, -0.2) is 27.4 Å². The number of amides is 3. The highest BCUT2D eigenvalue weighted by Crippen LogP contribution is 2.23. The highest BCUT2D eigenvalue weighted by atomic mass is 32.2. The number of phenols is 1. The Hall–Kier alpha value is -2.80. The molecule has 3 amide bonds. The number of phenolic OH excluding ortho intramolecular Hbond substituents is 1. The number of rotatable bonds is 5. The van der Waals surface area contributed by atoms with Gasteiger partial charge in [0.25, 0.3) is 5.24 Å². The Morgan fingerprint density at radius 1 is 1.12 bits per heavy atom. The van der Waals surface area contributed by atoms with Crippen molar-refractivity contribution in [1.82, 2.24) is 5.32 Å². The third-order valence-corrected chi connectivity index (χ3v) is 4.68. The van der Waals surface area contributed by atoms with E-state index in [1.165, 1.54) is 0 Å². The number of hydrogen-bond acceptors (Lipinski definition) is 5. The molecule has 25 heavy (non-hydrogen) atoms. The lowest BCUT2D eigenvalue weighted by Gasteiger charge is -2.08. The van der Waals surface area contributed by atoms with Gasteiger partial charge in [-0.2, -0.15) is 0 Å². The van der Waals surface area contributed by atoms with Crippen molar-refractivity contribution in [3.63, 3.8) is 0 Å². The van der Waals surface area contributed by atoms with Crippen molar-refractivity contribution in [2.75, 3.05) is 5.32 Å². The molecular weight excluding hydrogens is 340 g/mol. The Kier molecular flexibility index (Phi) is 5.04. The van der Waals surface area contributed by atoms with Gasteiger partial charge in [-0.15, -0.1) is 0 Å². The van der Waals surface area contributed by atoms with Gasteiger partial charge in [0.05, 0.1) is 11.7 Å². The fourth-order valence-corrected chi connectivity index (χ4v) is 3.38. The van der Waals surface area contributed by atoms with Crippen molar-refractivity contribution < 1.29 is 19.5 Å². The van der Waals surface area contributed by atoms with Gasteiger partial charge in [-0.3, -0.25) is 19.7 Å². The molecule has 0 saturated carbocycles. The number of hydrogen-bond donors (Lipinski definition) is 3. The maximum Gasteiger partial charge on any atom is 0.286 e. The van der Waals surface area contributed by atoms with E-state index in [2.05, 4.69) is 10.6 Å². The molecule has 0 spiro atoms. The first-order chi connectivity index (χ1) is 12.0. The zero-order chi connectivity index (χ0) is 17.8. The quantitative estimate of drug-likeness (QED) is 0.765. The second-order valence-corrected chi connectivity index (χ2v) is 6.85. The van der Waals surface area contributed by atoms with Crippen LogP contribution in [0.3, 0.4) is 0 Å². The standard InChI is InChI=1S/C18H16N2O4S/c21-14-3-1-2-12(8-14)10-16(22)19-13-6-4-11(5-7-13)9-15-17(23)20-18(24)25-15/h1-8,15,21H,9-10H2,(H,19,22)(H,20,23,24). The average Bonchev–Trinajstić information content (AvgIpc) is 2.86. The topological polar surface area (TPSA) is 95.5 Å². The minimum atomic E-state index is -0.404. The second kappa shape index (κ2) is 7.40. The van der Waals surface area contributed by atoms with Crippen LogP contribution < -0.4 is 10.6 Å². The Labute approximate surface area is 148 Å². The van der Waals surface area contributed by atoms with Crippen LogP contribution in [0.4, 0.5) is 10.5 Å². The maximum atomic E-state index is 12.0. The molecule has 0 aromatic heterocycles. The Morgan fingerprint density at radius 3 is 2.52 bits per heavy atom. The summed E-state index contributed by atoms with van der Waals surface area (Å²) in [5.74, 6) is -0.324. The van der Waals surface area contributed by atoms with E-state index in [-0.39, 0.29) is 29.2 Å². The van der Waals surface area contributed by atoms with E-state index in [4.69, 9.17) is 0 Å². The van der Waals surface area contributed by atoms with Crippen LogP contribution in [0.5, 0.6) is 5.75 Å². The minimum absolute atomic E-state index is 0.127. The van der Waals surface area contributed by atoms with E-state index in [1.807, 2.05) is 12.1 Å². The van der Waals surface area contributed by atoms with Crippen molar-refractivity contribution in [3.8, 4) is 5.75 Å². The van der Waals surface area contributed by atoms with Crippen molar-refractivity contribution in [1.29, 1.82) is 0 Å². The van der Waals surface area contributed by atoms with Gasteiger partial charge in [0.15, 0.2) is 0 Å². The lowest BCUT2D eigenvalue weighted by atomic mass is 10.1. The van der Waals surface area contributed by atoms with E-state index in [0.29, 0.717) is 12.1 Å². The van der Waals surface area contributed by atoms with E-state index >= 15 is 0 Å². The molecule has 1 aliphatic rings. The number of carbonyl (C=O) groups is 3. The molecule has 1 fully saturated rings. The van der Waals surface area contributed by atoms with Gasteiger partial charge in [0.1, 0.15) is 5.75 Å². The summed E-state index contributed by atoms with van der Waals surface area (Å²) in [6.45, 7) is 0. The summed E-state index contributed by atoms with van der Waals surface area (Å²) < 4.78 is 0. The number of carbonyl (C=O) groups excluding carboxylic acids is 3. The molecule has 128 valence electrons. The van der Waals surface area contributed by atoms with E-state index < -0.39 is 5.25 Å². The first-order valence-corrected chi connectivity index (χ1v) is 8.56. The molecule has 3 rings (SSSR count). The van der Waals surface area contributed by atoms with Crippen LogP contribution in [0.25, 0.3) is 0 Å². The third kappa shape index (κ3) is 4.60. The Morgan fingerprint density at radius 2 is 1.88 bits per heavy atom. The molecule has 1 atom stereocenters. The zero-order valence-corrected chi connectivity index (χ0v) is 14.0. The Bertz CT molecular complexity index is 820. The number of nitrogens with one attached hydrogen (secondary N) is 2. The van der Waals surface area contributed by atoms with Gasteiger partial charge in [-0.05, 0) is 41.8 Å². The van der Waals surface area contributed by atoms with Gasteiger partial charge in [-0.25, -0.2) is 0 Å². The first-order valence-electron chi connectivity index (χ1n) is 7.68. The molecule has 3 N–H and O–H groups in total. The summed E-state index contributed by atoms with van der Waals surface area (Å²) in [6, 6.07) is 13.7. The molecule has 1 unspecified atom stereocenters. The molecule has 1 saturated heterocycles. The van der Waals surface area contributed by atoms with Crippen molar-refractivity contribution in [2.24, 2.45) is 0 Å². The summed E-state index contributed by atoms with van der Waals surface area (Å²) in [6.07, 6.45) is 0.622. The molecule has 0 radical (unpaired) electrons. The summed E-state index contributed by atoms with van der Waals surface area (Å²) in [5, 5.41) is 13.7. The van der Waals surface area contributed by atoms with E-state index in [9.17, 15) is 19.5 Å². The van der Waals surface area contributed by atoms with Crippen LogP contribution in [0, 0.1) is 0 Å². The lowest BCUT2D eigenvalue weighted by Crippen LogP contribution is -2.25. The maximum absolute atomic E-state index is 12.0. The predicted octanol–water partition coefficient (Wildman–Crippen LogP) is 2.47. The normalized spacial score (nSPS) is 16.6. The number of imide groups is 1. The van der Waals surface area contributed by atoms with E-state index in [0.717, 1.165) is 22.9 Å². The van der Waals surface area contributed by atoms with Crippen LogP contribution >= 0.6 is 11.8 Å². The first kappa shape index (κ1) is 17.0. The zero-order valence-electron chi connectivity index (χ0n) is 13.2.